The lowest BCUT2D eigenvalue weighted by Crippen LogP contribution is -2.08. The molecule has 2 nitrogen and oxygen atoms in total. The molecule has 2 rings (SSSR count). The Morgan fingerprint density at radius 2 is 1.75 bits per heavy atom. The van der Waals surface area contributed by atoms with Crippen LogP contribution in [0.3, 0.4) is 0 Å². The number of phenols is 1. The second-order valence-corrected chi connectivity index (χ2v) is 4.08. The summed E-state index contributed by atoms with van der Waals surface area (Å²) in [5.74, 6) is -1.20. The molecule has 0 saturated carbocycles. The predicted octanol–water partition coefficient (Wildman–Crippen LogP) is 4.23. The molecule has 0 atom stereocenters. The fourth-order valence-electron chi connectivity index (χ4n) is 1.78. The maximum Gasteiger partial charge on any atom is 0.419 e. The maximum absolute atomic E-state index is 13.2. The largest absolute Gasteiger partial charge is 0.507 e. The van der Waals surface area contributed by atoms with Crippen molar-refractivity contribution in [2.45, 2.75) is 6.18 Å². The number of hydrogen-bond donors (Lipinski definition) is 1. The second kappa shape index (κ2) is 5.03. The highest BCUT2D eigenvalue weighted by Gasteiger charge is 2.34. The van der Waals surface area contributed by atoms with Gasteiger partial charge < -0.3 is 9.84 Å². The van der Waals surface area contributed by atoms with Crippen LogP contribution in [0.25, 0.3) is 11.1 Å². The van der Waals surface area contributed by atoms with E-state index >= 15 is 0 Å². The highest BCUT2D eigenvalue weighted by molar-refractivity contribution is 5.72. The summed E-state index contributed by atoms with van der Waals surface area (Å²) in [5.41, 5.74) is -1.19. The maximum atomic E-state index is 13.2. The Hall–Kier alpha value is -2.24. The van der Waals surface area contributed by atoms with E-state index in [1.54, 1.807) is 0 Å². The van der Waals surface area contributed by atoms with Crippen molar-refractivity contribution in [3.8, 4) is 22.6 Å². The molecule has 20 heavy (non-hydrogen) atoms. The zero-order valence-corrected chi connectivity index (χ0v) is 10.3. The molecular weight excluding hydrogens is 276 g/mol. The lowest BCUT2D eigenvalue weighted by atomic mass is 10.0. The average molecular weight is 286 g/mol. The lowest BCUT2D eigenvalue weighted by molar-refractivity contribution is -0.139. The predicted molar refractivity (Wildman–Crippen MR) is 65.1 cm³/mol. The summed E-state index contributed by atoms with van der Waals surface area (Å²) in [7, 11) is 1.39. The Morgan fingerprint density at radius 3 is 2.35 bits per heavy atom. The number of methoxy groups -OCH3 is 1. The van der Waals surface area contributed by atoms with Crippen LogP contribution in [0, 0.1) is 5.82 Å². The van der Waals surface area contributed by atoms with E-state index in [4.69, 9.17) is 4.74 Å². The Kier molecular flexibility index (Phi) is 3.57. The van der Waals surface area contributed by atoms with Gasteiger partial charge in [0, 0.05) is 5.56 Å². The molecule has 0 fully saturated rings. The van der Waals surface area contributed by atoms with E-state index in [1.807, 2.05) is 0 Å². The minimum absolute atomic E-state index is 0.0510. The average Bonchev–Trinajstić information content (AvgIpc) is 2.39. The van der Waals surface area contributed by atoms with Gasteiger partial charge in [-0.2, -0.15) is 13.2 Å². The first kappa shape index (κ1) is 14.2. The molecular formula is C14H10F4O2. The van der Waals surface area contributed by atoms with Crippen LogP contribution in [0.5, 0.6) is 11.5 Å². The van der Waals surface area contributed by atoms with Crippen LogP contribution in [-0.4, -0.2) is 12.2 Å². The van der Waals surface area contributed by atoms with Gasteiger partial charge in [0.1, 0.15) is 17.3 Å². The smallest absolute Gasteiger partial charge is 0.419 e. The quantitative estimate of drug-likeness (QED) is 0.837. The molecule has 6 heteroatoms. The van der Waals surface area contributed by atoms with Crippen molar-refractivity contribution >= 4 is 0 Å². The van der Waals surface area contributed by atoms with Gasteiger partial charge in [-0.15, -0.1) is 0 Å². The fraction of sp³-hybridized carbons (Fsp3) is 0.143. The highest BCUT2D eigenvalue weighted by Crippen LogP contribution is 2.37. The number of hydrogen-bond acceptors (Lipinski definition) is 2. The van der Waals surface area contributed by atoms with Gasteiger partial charge in [-0.25, -0.2) is 4.39 Å². The third-order valence-electron chi connectivity index (χ3n) is 2.79. The summed E-state index contributed by atoms with van der Waals surface area (Å²) in [6.45, 7) is 0. The van der Waals surface area contributed by atoms with E-state index in [1.165, 1.54) is 31.4 Å². The zero-order valence-electron chi connectivity index (χ0n) is 10.3. The summed E-state index contributed by atoms with van der Waals surface area (Å²) in [6, 6.07) is 6.68. The molecule has 0 aliphatic rings. The van der Waals surface area contributed by atoms with Crippen LogP contribution in [-0.2, 0) is 6.18 Å². The number of alkyl halides is 3. The zero-order chi connectivity index (χ0) is 14.9. The van der Waals surface area contributed by atoms with Crippen molar-refractivity contribution in [2.75, 3.05) is 7.11 Å². The molecule has 0 amide bonds. The monoisotopic (exact) mass is 286 g/mol. The first-order valence-electron chi connectivity index (χ1n) is 5.57. The SMILES string of the molecule is COc1ccc(O)c(-c2ccc(F)c(C(F)(F)F)c2)c1. The van der Waals surface area contributed by atoms with E-state index in [0.29, 0.717) is 11.8 Å². The van der Waals surface area contributed by atoms with Crippen LogP contribution in [0.4, 0.5) is 17.6 Å². The number of rotatable bonds is 2. The van der Waals surface area contributed by atoms with Gasteiger partial charge in [-0.3, -0.25) is 0 Å². The summed E-state index contributed by atoms with van der Waals surface area (Å²) in [6.07, 6.45) is -4.80. The van der Waals surface area contributed by atoms with E-state index in [0.717, 1.165) is 6.07 Å². The number of ether oxygens (including phenoxy) is 1. The third kappa shape index (κ3) is 2.68. The molecule has 0 bridgehead atoms. The molecule has 0 aromatic heterocycles. The van der Waals surface area contributed by atoms with E-state index in [2.05, 4.69) is 0 Å². The molecule has 0 unspecified atom stereocenters. The molecule has 2 aromatic carbocycles. The number of phenolic OH excluding ortho intramolecular Hbond substituents is 1. The molecule has 2 aromatic rings. The molecule has 0 aliphatic carbocycles. The van der Waals surface area contributed by atoms with Crippen molar-refractivity contribution in [3.63, 3.8) is 0 Å². The van der Waals surface area contributed by atoms with Gasteiger partial charge in [0.2, 0.25) is 0 Å². The van der Waals surface area contributed by atoms with Gasteiger partial charge in [0.05, 0.1) is 12.7 Å². The topological polar surface area (TPSA) is 29.5 Å². The molecule has 0 radical (unpaired) electrons. The van der Waals surface area contributed by atoms with E-state index in [9.17, 15) is 22.7 Å². The Labute approximate surface area is 112 Å². The van der Waals surface area contributed by atoms with Crippen molar-refractivity contribution in [1.29, 1.82) is 0 Å². The number of halogens is 4. The van der Waals surface area contributed by atoms with Crippen molar-refractivity contribution in [3.05, 3.63) is 47.8 Å². The Morgan fingerprint density at radius 1 is 1.05 bits per heavy atom. The van der Waals surface area contributed by atoms with Crippen molar-refractivity contribution in [1.82, 2.24) is 0 Å². The van der Waals surface area contributed by atoms with Crippen LogP contribution in [0.2, 0.25) is 0 Å². The molecule has 106 valence electrons. The van der Waals surface area contributed by atoms with Crippen molar-refractivity contribution < 1.29 is 27.4 Å². The first-order chi connectivity index (χ1) is 9.32. The van der Waals surface area contributed by atoms with E-state index in [-0.39, 0.29) is 16.9 Å². The number of benzene rings is 2. The molecule has 0 heterocycles. The highest BCUT2D eigenvalue weighted by atomic mass is 19.4. The first-order valence-corrected chi connectivity index (χ1v) is 5.57. The summed E-state index contributed by atoms with van der Waals surface area (Å²) in [5, 5.41) is 9.72. The molecule has 0 aliphatic heterocycles. The van der Waals surface area contributed by atoms with Crippen molar-refractivity contribution in [2.24, 2.45) is 0 Å². The van der Waals surface area contributed by atoms with Gasteiger partial charge in [-0.1, -0.05) is 6.07 Å². The normalized spacial score (nSPS) is 11.4. The Bertz CT molecular complexity index is 636. The minimum atomic E-state index is -4.80. The van der Waals surface area contributed by atoms with E-state index < -0.39 is 17.6 Å². The molecule has 1 N–H and O–H groups in total. The summed E-state index contributed by atoms with van der Waals surface area (Å²) in [4.78, 5) is 0. The van der Waals surface area contributed by atoms with Gasteiger partial charge in [0.15, 0.2) is 0 Å². The third-order valence-corrected chi connectivity index (χ3v) is 2.79. The fourth-order valence-corrected chi connectivity index (χ4v) is 1.78. The van der Waals surface area contributed by atoms with Gasteiger partial charge in [0.25, 0.3) is 0 Å². The molecule has 0 saturated heterocycles. The second-order valence-electron chi connectivity index (χ2n) is 4.08. The standard InChI is InChI=1S/C14H10F4O2/c1-20-9-3-5-13(19)10(7-9)8-2-4-12(15)11(6-8)14(16,17)18/h2-7,19H,1H3. The van der Waals surface area contributed by atoms with Gasteiger partial charge in [-0.05, 0) is 35.9 Å². The summed E-state index contributed by atoms with van der Waals surface area (Å²) >= 11 is 0. The molecule has 0 spiro atoms. The van der Waals surface area contributed by atoms with Crippen LogP contribution in [0.1, 0.15) is 5.56 Å². The lowest BCUT2D eigenvalue weighted by Gasteiger charge is -2.12. The van der Waals surface area contributed by atoms with Crippen LogP contribution < -0.4 is 4.74 Å². The minimum Gasteiger partial charge on any atom is -0.507 e. The number of aromatic hydroxyl groups is 1. The Balaban J connectivity index is 2.59. The van der Waals surface area contributed by atoms with Crippen LogP contribution >= 0.6 is 0 Å². The summed E-state index contributed by atoms with van der Waals surface area (Å²) < 4.78 is 56.2. The van der Waals surface area contributed by atoms with Crippen LogP contribution in [0.15, 0.2) is 36.4 Å². The van der Waals surface area contributed by atoms with Gasteiger partial charge >= 0.3 is 6.18 Å².